The maximum atomic E-state index is 4.16. The van der Waals surface area contributed by atoms with Gasteiger partial charge in [0.25, 0.3) is 0 Å². The van der Waals surface area contributed by atoms with E-state index in [1.54, 1.807) is 11.3 Å². The molecule has 0 bridgehead atoms. The van der Waals surface area contributed by atoms with Crippen molar-refractivity contribution in [3.8, 4) is 0 Å². The zero-order valence-electron chi connectivity index (χ0n) is 5.88. The average molecular weight is 142 g/mol. The Morgan fingerprint density at radius 3 is 2.44 bits per heavy atom. The van der Waals surface area contributed by atoms with Gasteiger partial charge in [-0.15, -0.1) is 11.3 Å². The molecule has 1 rings (SSSR count). The van der Waals surface area contributed by atoms with Gasteiger partial charge in [-0.25, -0.2) is 4.98 Å². The van der Waals surface area contributed by atoms with Crippen LogP contribution in [0.3, 0.4) is 0 Å². The largest absolute Gasteiger partial charge is 0.362 e. The number of nitrogens with zero attached hydrogens (tertiary/aromatic N) is 2. The van der Waals surface area contributed by atoms with Gasteiger partial charge in [0.05, 0.1) is 5.51 Å². The van der Waals surface area contributed by atoms with Crippen LogP contribution in [-0.2, 0) is 0 Å². The first-order chi connectivity index (χ1) is 4.22. The highest BCUT2D eigenvalue weighted by Crippen LogP contribution is 2.18. The van der Waals surface area contributed by atoms with Crippen molar-refractivity contribution >= 4 is 17.2 Å². The van der Waals surface area contributed by atoms with Gasteiger partial charge in [0.15, 0.2) is 0 Å². The van der Waals surface area contributed by atoms with E-state index in [-0.39, 0.29) is 0 Å². The van der Waals surface area contributed by atoms with Crippen molar-refractivity contribution in [3.63, 3.8) is 0 Å². The van der Waals surface area contributed by atoms with Crippen molar-refractivity contribution in [3.05, 3.63) is 10.4 Å². The minimum absolute atomic E-state index is 1.08. The molecular formula is C6H10N2S. The minimum Gasteiger partial charge on any atom is -0.362 e. The lowest BCUT2D eigenvalue weighted by molar-refractivity contribution is 1.07. The molecule has 0 aliphatic rings. The van der Waals surface area contributed by atoms with E-state index < -0.39 is 0 Å². The molecule has 0 N–H and O–H groups in total. The fraction of sp³-hybridized carbons (Fsp3) is 0.500. The Balaban J connectivity index is 2.94. The molecule has 1 heterocycles. The van der Waals surface area contributed by atoms with Crippen LogP contribution in [0.15, 0.2) is 5.51 Å². The third kappa shape index (κ3) is 1.21. The number of hydrogen-bond donors (Lipinski definition) is 0. The second-order valence-electron chi connectivity index (χ2n) is 2.13. The molecule has 0 aliphatic carbocycles. The first-order valence-corrected chi connectivity index (χ1v) is 3.67. The van der Waals surface area contributed by atoms with E-state index >= 15 is 0 Å². The molecule has 0 saturated carbocycles. The van der Waals surface area contributed by atoms with Crippen LogP contribution >= 0.6 is 11.3 Å². The summed E-state index contributed by atoms with van der Waals surface area (Å²) in [6, 6.07) is 0. The Kier molecular flexibility index (Phi) is 1.71. The molecule has 1 aromatic rings. The lowest BCUT2D eigenvalue weighted by Gasteiger charge is -2.07. The summed E-state index contributed by atoms with van der Waals surface area (Å²) in [5.41, 5.74) is 1.87. The van der Waals surface area contributed by atoms with Gasteiger partial charge in [0, 0.05) is 19.0 Å². The molecule has 0 unspecified atom stereocenters. The molecule has 0 amide bonds. The second kappa shape index (κ2) is 2.35. The topological polar surface area (TPSA) is 16.1 Å². The van der Waals surface area contributed by atoms with Gasteiger partial charge in [-0.2, -0.15) is 0 Å². The van der Waals surface area contributed by atoms with Crippen molar-refractivity contribution in [1.29, 1.82) is 0 Å². The highest BCUT2D eigenvalue weighted by atomic mass is 32.1. The van der Waals surface area contributed by atoms with Crippen LogP contribution in [0, 0.1) is 6.92 Å². The first-order valence-electron chi connectivity index (χ1n) is 2.79. The van der Waals surface area contributed by atoms with E-state index in [4.69, 9.17) is 0 Å². The van der Waals surface area contributed by atoms with Crippen LogP contribution in [0.4, 0.5) is 5.82 Å². The molecule has 1 aromatic heterocycles. The Labute approximate surface area is 59.1 Å². The van der Waals surface area contributed by atoms with Gasteiger partial charge in [-0.1, -0.05) is 0 Å². The van der Waals surface area contributed by atoms with Crippen LogP contribution in [-0.4, -0.2) is 19.1 Å². The second-order valence-corrected chi connectivity index (χ2v) is 3.19. The quantitative estimate of drug-likeness (QED) is 0.591. The monoisotopic (exact) mass is 142 g/mol. The Hall–Kier alpha value is -0.570. The Bertz CT molecular complexity index is 193. The summed E-state index contributed by atoms with van der Waals surface area (Å²) in [5, 5.41) is 0. The van der Waals surface area contributed by atoms with Gasteiger partial charge in [-0.05, 0) is 6.92 Å². The average Bonchev–Trinajstić information content (AvgIpc) is 2.13. The molecule has 9 heavy (non-hydrogen) atoms. The van der Waals surface area contributed by atoms with Crippen LogP contribution < -0.4 is 4.90 Å². The fourth-order valence-corrected chi connectivity index (χ4v) is 1.38. The summed E-state index contributed by atoms with van der Waals surface area (Å²) >= 11 is 1.68. The molecular weight excluding hydrogens is 132 g/mol. The molecule has 50 valence electrons. The van der Waals surface area contributed by atoms with E-state index in [2.05, 4.69) is 11.9 Å². The number of aromatic nitrogens is 1. The predicted octanol–water partition coefficient (Wildman–Crippen LogP) is 1.52. The summed E-state index contributed by atoms with van der Waals surface area (Å²) in [6.07, 6.45) is 0. The van der Waals surface area contributed by atoms with Gasteiger partial charge >= 0.3 is 0 Å². The third-order valence-electron chi connectivity index (χ3n) is 1.14. The maximum absolute atomic E-state index is 4.16. The zero-order valence-corrected chi connectivity index (χ0v) is 6.70. The summed E-state index contributed by atoms with van der Waals surface area (Å²) < 4.78 is 0. The summed E-state index contributed by atoms with van der Waals surface area (Å²) in [4.78, 5) is 7.46. The molecule has 2 nitrogen and oxygen atoms in total. The molecule has 0 saturated heterocycles. The van der Waals surface area contributed by atoms with Gasteiger partial charge in [0.1, 0.15) is 5.82 Å². The zero-order chi connectivity index (χ0) is 6.85. The van der Waals surface area contributed by atoms with E-state index in [9.17, 15) is 0 Å². The third-order valence-corrected chi connectivity index (χ3v) is 1.89. The van der Waals surface area contributed by atoms with E-state index in [0.29, 0.717) is 0 Å². The van der Waals surface area contributed by atoms with E-state index in [0.717, 1.165) is 5.82 Å². The Morgan fingerprint density at radius 1 is 1.56 bits per heavy atom. The van der Waals surface area contributed by atoms with Gasteiger partial charge in [0.2, 0.25) is 0 Å². The summed E-state index contributed by atoms with van der Waals surface area (Å²) in [6.45, 7) is 2.08. The van der Waals surface area contributed by atoms with E-state index in [1.165, 1.54) is 4.88 Å². The highest BCUT2D eigenvalue weighted by molar-refractivity contribution is 7.10. The van der Waals surface area contributed by atoms with Crippen LogP contribution in [0.1, 0.15) is 4.88 Å². The standard InChI is InChI=1S/C6H10N2S/c1-5-6(8(2)3)7-4-9-5/h4H,1-3H3. The predicted molar refractivity (Wildman–Crippen MR) is 41.2 cm³/mol. The number of anilines is 1. The molecule has 3 heteroatoms. The minimum atomic E-state index is 1.08. The first kappa shape index (κ1) is 6.55. The molecule has 0 fully saturated rings. The summed E-state index contributed by atoms with van der Waals surface area (Å²) in [7, 11) is 4.00. The molecule has 0 aliphatic heterocycles. The smallest absolute Gasteiger partial charge is 0.141 e. The van der Waals surface area contributed by atoms with E-state index in [1.807, 2.05) is 24.5 Å². The van der Waals surface area contributed by atoms with Crippen molar-refractivity contribution in [2.24, 2.45) is 0 Å². The number of aryl methyl sites for hydroxylation is 1. The maximum Gasteiger partial charge on any atom is 0.141 e. The number of hydrogen-bond acceptors (Lipinski definition) is 3. The van der Waals surface area contributed by atoms with Crippen molar-refractivity contribution in [2.45, 2.75) is 6.92 Å². The lowest BCUT2D eigenvalue weighted by atomic mass is 10.5. The lowest BCUT2D eigenvalue weighted by Crippen LogP contribution is -2.09. The molecule has 0 aromatic carbocycles. The number of thiazole rings is 1. The fourth-order valence-electron chi connectivity index (χ4n) is 0.729. The van der Waals surface area contributed by atoms with Crippen molar-refractivity contribution in [2.75, 3.05) is 19.0 Å². The number of rotatable bonds is 1. The SMILES string of the molecule is Cc1scnc1N(C)C. The molecule has 0 spiro atoms. The molecule has 0 radical (unpaired) electrons. The summed E-state index contributed by atoms with van der Waals surface area (Å²) in [5.74, 6) is 1.08. The van der Waals surface area contributed by atoms with Crippen LogP contribution in [0.25, 0.3) is 0 Å². The van der Waals surface area contributed by atoms with Gasteiger partial charge < -0.3 is 4.90 Å². The van der Waals surface area contributed by atoms with Crippen LogP contribution in [0.5, 0.6) is 0 Å². The highest BCUT2D eigenvalue weighted by Gasteiger charge is 2.00. The van der Waals surface area contributed by atoms with Crippen LogP contribution in [0.2, 0.25) is 0 Å². The van der Waals surface area contributed by atoms with Crippen molar-refractivity contribution in [1.82, 2.24) is 4.98 Å². The normalized spacial score (nSPS) is 9.67. The van der Waals surface area contributed by atoms with Crippen molar-refractivity contribution < 1.29 is 0 Å². The van der Waals surface area contributed by atoms with Gasteiger partial charge in [-0.3, -0.25) is 0 Å². The Morgan fingerprint density at radius 2 is 2.22 bits per heavy atom. The molecule has 0 atom stereocenters.